The third-order valence-corrected chi connectivity index (χ3v) is 4.55. The Labute approximate surface area is 130 Å². The SMILES string of the molecule is O=S(=O)(Nc1c(Cl)cc(Cl)cc1Cl)c1ccc(F)cc1. The molecule has 0 heterocycles. The molecule has 2 rings (SSSR count). The van der Waals surface area contributed by atoms with Gasteiger partial charge >= 0.3 is 0 Å². The molecule has 0 fully saturated rings. The lowest BCUT2D eigenvalue weighted by molar-refractivity contribution is 0.599. The zero-order valence-corrected chi connectivity index (χ0v) is 12.8. The van der Waals surface area contributed by atoms with Crippen molar-refractivity contribution in [2.45, 2.75) is 4.90 Å². The lowest BCUT2D eigenvalue weighted by atomic mass is 10.3. The maximum Gasteiger partial charge on any atom is 0.261 e. The highest BCUT2D eigenvalue weighted by atomic mass is 35.5. The minimum absolute atomic E-state index is 0.0158. The number of hydrogen-bond acceptors (Lipinski definition) is 2. The van der Waals surface area contributed by atoms with E-state index in [1.807, 2.05) is 0 Å². The van der Waals surface area contributed by atoms with E-state index in [2.05, 4.69) is 4.72 Å². The Hall–Kier alpha value is -1.01. The third kappa shape index (κ3) is 3.35. The van der Waals surface area contributed by atoms with Crippen molar-refractivity contribution in [3.05, 3.63) is 57.3 Å². The summed E-state index contributed by atoms with van der Waals surface area (Å²) in [4.78, 5) is -0.110. The molecular formula is C12H7Cl3FNO2S. The standard InChI is InChI=1S/C12H7Cl3FNO2S/c13-7-5-10(14)12(11(15)6-7)17-20(18,19)9-3-1-8(16)2-4-9/h1-6,17H. The van der Waals surface area contributed by atoms with Gasteiger partial charge in [-0.2, -0.15) is 0 Å². The molecule has 0 saturated heterocycles. The molecule has 0 spiro atoms. The minimum Gasteiger partial charge on any atom is -0.277 e. The van der Waals surface area contributed by atoms with Crippen LogP contribution in [0.3, 0.4) is 0 Å². The van der Waals surface area contributed by atoms with Crippen molar-refractivity contribution >= 4 is 50.5 Å². The number of nitrogens with one attached hydrogen (secondary N) is 1. The summed E-state index contributed by atoms with van der Waals surface area (Å²) in [5, 5.41) is 0.408. The summed E-state index contributed by atoms with van der Waals surface area (Å²) in [6, 6.07) is 7.07. The van der Waals surface area contributed by atoms with Crippen LogP contribution in [0, 0.1) is 5.82 Å². The smallest absolute Gasteiger partial charge is 0.261 e. The van der Waals surface area contributed by atoms with Crippen molar-refractivity contribution in [3.63, 3.8) is 0 Å². The molecule has 0 radical (unpaired) electrons. The molecule has 0 saturated carbocycles. The number of anilines is 1. The highest BCUT2D eigenvalue weighted by Crippen LogP contribution is 2.35. The first kappa shape index (κ1) is 15.4. The fourth-order valence-corrected chi connectivity index (χ4v) is 3.57. The Kier molecular flexibility index (Phi) is 4.44. The van der Waals surface area contributed by atoms with Crippen LogP contribution in [-0.2, 0) is 10.0 Å². The molecule has 2 aromatic carbocycles. The lowest BCUT2D eigenvalue weighted by Gasteiger charge is -2.11. The largest absolute Gasteiger partial charge is 0.277 e. The van der Waals surface area contributed by atoms with Gasteiger partial charge in [-0.05, 0) is 36.4 Å². The van der Waals surface area contributed by atoms with Crippen molar-refractivity contribution in [2.24, 2.45) is 0 Å². The van der Waals surface area contributed by atoms with Crippen LogP contribution in [0.5, 0.6) is 0 Å². The Morgan fingerprint density at radius 3 is 1.95 bits per heavy atom. The van der Waals surface area contributed by atoms with Crippen molar-refractivity contribution < 1.29 is 12.8 Å². The van der Waals surface area contributed by atoms with E-state index in [-0.39, 0.29) is 25.7 Å². The molecule has 106 valence electrons. The first-order valence-electron chi connectivity index (χ1n) is 5.22. The fraction of sp³-hybridized carbons (Fsp3) is 0. The van der Waals surface area contributed by atoms with E-state index in [0.717, 1.165) is 24.3 Å². The van der Waals surface area contributed by atoms with Gasteiger partial charge in [0.1, 0.15) is 5.82 Å². The molecule has 1 N–H and O–H groups in total. The Morgan fingerprint density at radius 2 is 1.45 bits per heavy atom. The molecule has 8 heteroatoms. The first-order valence-corrected chi connectivity index (χ1v) is 7.84. The van der Waals surface area contributed by atoms with Gasteiger partial charge in [0.25, 0.3) is 10.0 Å². The van der Waals surface area contributed by atoms with Crippen molar-refractivity contribution in [3.8, 4) is 0 Å². The van der Waals surface area contributed by atoms with E-state index in [0.29, 0.717) is 0 Å². The molecule has 0 bridgehead atoms. The molecule has 2 aromatic rings. The van der Waals surface area contributed by atoms with Crippen LogP contribution in [0.15, 0.2) is 41.3 Å². The quantitative estimate of drug-likeness (QED) is 0.876. The van der Waals surface area contributed by atoms with E-state index in [1.54, 1.807) is 0 Å². The Balaban J connectivity index is 2.41. The maximum absolute atomic E-state index is 12.8. The van der Waals surface area contributed by atoms with E-state index < -0.39 is 15.8 Å². The van der Waals surface area contributed by atoms with E-state index in [1.165, 1.54) is 12.1 Å². The second kappa shape index (κ2) is 5.77. The Bertz CT molecular complexity index is 725. The summed E-state index contributed by atoms with van der Waals surface area (Å²) >= 11 is 17.5. The average molecular weight is 355 g/mol. The van der Waals surface area contributed by atoms with E-state index in [9.17, 15) is 12.8 Å². The molecule has 3 nitrogen and oxygen atoms in total. The van der Waals surface area contributed by atoms with Gasteiger partial charge in [-0.3, -0.25) is 4.72 Å². The predicted octanol–water partition coefficient (Wildman–Crippen LogP) is 4.59. The highest BCUT2D eigenvalue weighted by molar-refractivity contribution is 7.92. The summed E-state index contributed by atoms with van der Waals surface area (Å²) in [5.41, 5.74) is 0.0158. The fourth-order valence-electron chi connectivity index (χ4n) is 1.45. The second-order valence-electron chi connectivity index (χ2n) is 3.80. The maximum atomic E-state index is 12.8. The first-order chi connectivity index (χ1) is 9.29. The van der Waals surface area contributed by atoms with Crippen LogP contribution < -0.4 is 4.72 Å². The van der Waals surface area contributed by atoms with Crippen LogP contribution in [0.4, 0.5) is 10.1 Å². The van der Waals surface area contributed by atoms with Gasteiger partial charge < -0.3 is 0 Å². The third-order valence-electron chi connectivity index (χ3n) is 2.37. The summed E-state index contributed by atoms with van der Waals surface area (Å²) < 4.78 is 39.3. The summed E-state index contributed by atoms with van der Waals surface area (Å²) in [6.07, 6.45) is 0. The van der Waals surface area contributed by atoms with Gasteiger partial charge in [-0.1, -0.05) is 34.8 Å². The van der Waals surface area contributed by atoms with Crippen molar-refractivity contribution in [1.82, 2.24) is 0 Å². The lowest BCUT2D eigenvalue weighted by Crippen LogP contribution is -2.13. The van der Waals surface area contributed by atoms with Crippen LogP contribution in [-0.4, -0.2) is 8.42 Å². The summed E-state index contributed by atoms with van der Waals surface area (Å²) in [7, 11) is -3.92. The van der Waals surface area contributed by atoms with Crippen LogP contribution in [0.2, 0.25) is 15.1 Å². The topological polar surface area (TPSA) is 46.2 Å². The zero-order chi connectivity index (χ0) is 14.9. The zero-order valence-electron chi connectivity index (χ0n) is 9.70. The normalized spacial score (nSPS) is 11.4. The summed E-state index contributed by atoms with van der Waals surface area (Å²) in [5.74, 6) is -0.536. The number of sulfonamides is 1. The van der Waals surface area contributed by atoms with Crippen LogP contribution >= 0.6 is 34.8 Å². The monoisotopic (exact) mass is 353 g/mol. The number of halogens is 4. The predicted molar refractivity (Wildman–Crippen MR) is 78.7 cm³/mol. The molecule has 20 heavy (non-hydrogen) atoms. The van der Waals surface area contributed by atoms with Gasteiger partial charge in [0.2, 0.25) is 0 Å². The van der Waals surface area contributed by atoms with E-state index in [4.69, 9.17) is 34.8 Å². The minimum atomic E-state index is -3.92. The van der Waals surface area contributed by atoms with Crippen molar-refractivity contribution in [2.75, 3.05) is 4.72 Å². The number of hydrogen-bond donors (Lipinski definition) is 1. The van der Waals surface area contributed by atoms with Crippen molar-refractivity contribution in [1.29, 1.82) is 0 Å². The molecule has 0 aromatic heterocycles. The van der Waals surface area contributed by atoms with Gasteiger partial charge in [0.05, 0.1) is 20.6 Å². The molecule has 0 atom stereocenters. The Morgan fingerprint density at radius 1 is 0.950 bits per heavy atom. The second-order valence-corrected chi connectivity index (χ2v) is 6.74. The van der Waals surface area contributed by atoms with Crippen LogP contribution in [0.1, 0.15) is 0 Å². The molecule has 0 aliphatic heterocycles. The van der Waals surface area contributed by atoms with E-state index >= 15 is 0 Å². The summed E-state index contributed by atoms with van der Waals surface area (Å²) in [6.45, 7) is 0. The van der Waals surface area contributed by atoms with Gasteiger partial charge in [0, 0.05) is 5.02 Å². The van der Waals surface area contributed by atoms with Crippen LogP contribution in [0.25, 0.3) is 0 Å². The van der Waals surface area contributed by atoms with Gasteiger partial charge in [-0.15, -0.1) is 0 Å². The molecule has 0 aliphatic carbocycles. The highest BCUT2D eigenvalue weighted by Gasteiger charge is 2.18. The molecule has 0 unspecified atom stereocenters. The number of benzene rings is 2. The van der Waals surface area contributed by atoms with Gasteiger partial charge in [-0.25, -0.2) is 12.8 Å². The number of rotatable bonds is 3. The molecular weight excluding hydrogens is 348 g/mol. The molecule has 0 aliphatic rings. The van der Waals surface area contributed by atoms with Gasteiger partial charge in [0.15, 0.2) is 0 Å². The molecule has 0 amide bonds. The average Bonchev–Trinajstić information content (AvgIpc) is 2.34.